The van der Waals surface area contributed by atoms with E-state index in [-0.39, 0.29) is 35.8 Å². The first kappa shape index (κ1) is 26.5. The van der Waals surface area contributed by atoms with E-state index in [4.69, 9.17) is 4.18 Å². The van der Waals surface area contributed by atoms with Crippen molar-refractivity contribution >= 4 is 24.7 Å². The fourth-order valence-electron chi connectivity index (χ4n) is 3.43. The number of benzene rings is 1. The highest BCUT2D eigenvalue weighted by molar-refractivity contribution is 7.75. The van der Waals surface area contributed by atoms with Crippen LogP contribution in [-0.2, 0) is 20.3 Å². The van der Waals surface area contributed by atoms with E-state index >= 15 is 0 Å². The molecule has 4 atom stereocenters. The number of carbonyl (C=O) groups excluding carboxylic acids is 2. The first-order valence-corrected chi connectivity index (χ1v) is 11.2. The Morgan fingerprint density at radius 2 is 1.63 bits per heavy atom. The molecule has 0 aliphatic carbocycles. The molecule has 0 saturated carbocycles. The van der Waals surface area contributed by atoms with Crippen LogP contribution in [0.1, 0.15) is 53.0 Å². The maximum Gasteiger partial charge on any atom is 0.243 e. The summed E-state index contributed by atoms with van der Waals surface area (Å²) in [5.74, 6) is -0.174. The van der Waals surface area contributed by atoms with Crippen molar-refractivity contribution in [2.24, 2.45) is 17.8 Å². The number of likely N-dealkylation sites (N-methyl/N-ethyl adjacent to an activating group) is 1. The predicted octanol–water partition coefficient (Wildman–Crippen LogP) is 3.33. The first-order valence-electron chi connectivity index (χ1n) is 10.8. The van der Waals surface area contributed by atoms with Crippen LogP contribution in [-0.4, -0.2) is 37.0 Å². The van der Waals surface area contributed by atoms with Crippen molar-refractivity contribution in [1.29, 1.82) is 0 Å². The topological polar surface area (TPSA) is 79.5 Å². The van der Waals surface area contributed by atoms with Crippen LogP contribution in [0.4, 0.5) is 0 Å². The molecule has 0 aromatic heterocycles. The van der Waals surface area contributed by atoms with Crippen LogP contribution >= 0.6 is 12.9 Å². The number of carbonyl (C=O) groups is 2. The number of hydrogen-bond acceptors (Lipinski definition) is 5. The summed E-state index contributed by atoms with van der Waals surface area (Å²) in [4.78, 5) is 25.5. The number of hydrogen-bond donors (Lipinski definition) is 4. The maximum atomic E-state index is 12.8. The van der Waals surface area contributed by atoms with Gasteiger partial charge in [0.25, 0.3) is 0 Å². The molecule has 0 radical (unpaired) electrons. The lowest BCUT2D eigenvalue weighted by atomic mass is 9.92. The second-order valence-electron chi connectivity index (χ2n) is 8.74. The Kier molecular flexibility index (Phi) is 12.1. The molecule has 7 heteroatoms. The normalized spacial score (nSPS) is 15.5. The van der Waals surface area contributed by atoms with Crippen molar-refractivity contribution in [1.82, 2.24) is 16.0 Å². The van der Waals surface area contributed by atoms with E-state index in [0.29, 0.717) is 18.9 Å². The first-order chi connectivity index (χ1) is 14.2. The maximum absolute atomic E-state index is 12.8. The summed E-state index contributed by atoms with van der Waals surface area (Å²) in [7, 11) is 1.89. The van der Waals surface area contributed by atoms with E-state index < -0.39 is 6.04 Å². The van der Waals surface area contributed by atoms with Gasteiger partial charge in [-0.3, -0.25) is 9.59 Å². The average Bonchev–Trinajstić information content (AvgIpc) is 2.72. The Balaban J connectivity index is 2.68. The van der Waals surface area contributed by atoms with Crippen molar-refractivity contribution < 1.29 is 13.8 Å². The Bertz CT molecular complexity index is 640. The molecule has 0 bridgehead atoms. The summed E-state index contributed by atoms with van der Waals surface area (Å²) in [5.41, 5.74) is 1.02. The zero-order valence-electron chi connectivity index (χ0n) is 19.1. The van der Waals surface area contributed by atoms with Crippen LogP contribution in [0.5, 0.6) is 0 Å². The molecule has 1 rings (SSSR count). The molecule has 0 saturated heterocycles. The fraction of sp³-hybridized carbons (Fsp3) is 0.652. The van der Waals surface area contributed by atoms with E-state index in [0.717, 1.165) is 12.0 Å². The van der Waals surface area contributed by atoms with Crippen molar-refractivity contribution in [2.45, 2.75) is 72.2 Å². The average molecular weight is 438 g/mol. The summed E-state index contributed by atoms with van der Waals surface area (Å²) in [6, 6.07) is 9.23. The van der Waals surface area contributed by atoms with Gasteiger partial charge in [0.05, 0.1) is 6.10 Å². The molecule has 2 amide bonds. The van der Waals surface area contributed by atoms with Gasteiger partial charge >= 0.3 is 0 Å². The fourth-order valence-corrected chi connectivity index (χ4v) is 3.66. The third-order valence-corrected chi connectivity index (χ3v) is 5.54. The molecular weight excluding hydrogens is 398 g/mol. The molecule has 0 unspecified atom stereocenters. The lowest BCUT2D eigenvalue weighted by Crippen LogP contribution is -2.51. The second-order valence-corrected chi connectivity index (χ2v) is 8.95. The van der Waals surface area contributed by atoms with Crippen LogP contribution in [0.2, 0.25) is 0 Å². The summed E-state index contributed by atoms with van der Waals surface area (Å²) >= 11 is 4.04. The van der Waals surface area contributed by atoms with Crippen LogP contribution in [0.3, 0.4) is 0 Å². The van der Waals surface area contributed by atoms with E-state index in [2.05, 4.69) is 42.7 Å². The minimum Gasteiger partial charge on any atom is -0.350 e. The number of nitrogens with one attached hydrogen (secondary N) is 3. The summed E-state index contributed by atoms with van der Waals surface area (Å²) in [6.07, 6.45) is 1.24. The van der Waals surface area contributed by atoms with Gasteiger partial charge in [0.15, 0.2) is 0 Å². The quantitative estimate of drug-likeness (QED) is 0.282. The van der Waals surface area contributed by atoms with Crippen molar-refractivity contribution in [3.63, 3.8) is 0 Å². The Labute approximate surface area is 187 Å². The highest BCUT2D eigenvalue weighted by atomic mass is 32.1. The SMILES string of the molecule is CN[C@@H](CC(C)C)[C@H](C[C@@H](C)C(=O)N[C@H](C(=O)NCc1ccccc1)C(C)C)OS. The van der Waals surface area contributed by atoms with E-state index in [1.165, 1.54) is 0 Å². The molecule has 1 aromatic rings. The third-order valence-electron chi connectivity index (χ3n) is 5.27. The van der Waals surface area contributed by atoms with Crippen LogP contribution in [0, 0.1) is 17.8 Å². The summed E-state index contributed by atoms with van der Waals surface area (Å²) < 4.78 is 5.39. The summed E-state index contributed by atoms with van der Waals surface area (Å²) in [5, 5.41) is 9.12. The molecule has 6 nitrogen and oxygen atoms in total. The molecule has 0 aliphatic rings. The van der Waals surface area contributed by atoms with Crippen LogP contribution < -0.4 is 16.0 Å². The zero-order chi connectivity index (χ0) is 22.7. The molecule has 1 aromatic carbocycles. The Morgan fingerprint density at radius 3 is 2.13 bits per heavy atom. The minimum atomic E-state index is -0.588. The van der Waals surface area contributed by atoms with Crippen molar-refractivity contribution in [3.8, 4) is 0 Å². The number of amides is 2. The van der Waals surface area contributed by atoms with Gasteiger partial charge in [-0.15, -0.1) is 0 Å². The van der Waals surface area contributed by atoms with E-state index in [1.807, 2.05) is 58.2 Å². The molecule has 170 valence electrons. The zero-order valence-corrected chi connectivity index (χ0v) is 20.0. The highest BCUT2D eigenvalue weighted by Gasteiger charge is 2.30. The molecule has 30 heavy (non-hydrogen) atoms. The van der Waals surface area contributed by atoms with Crippen molar-refractivity contribution in [3.05, 3.63) is 35.9 Å². The van der Waals surface area contributed by atoms with Gasteiger partial charge < -0.3 is 20.1 Å². The van der Waals surface area contributed by atoms with Gasteiger partial charge in [0, 0.05) is 18.5 Å². The van der Waals surface area contributed by atoms with Crippen LogP contribution in [0.25, 0.3) is 0 Å². The lowest BCUT2D eigenvalue weighted by Gasteiger charge is -2.29. The summed E-state index contributed by atoms with van der Waals surface area (Å²) in [6.45, 7) is 10.4. The smallest absolute Gasteiger partial charge is 0.243 e. The second kappa shape index (κ2) is 13.7. The monoisotopic (exact) mass is 437 g/mol. The Hall–Kier alpha value is -1.57. The van der Waals surface area contributed by atoms with Gasteiger partial charge in [0.1, 0.15) is 6.04 Å². The van der Waals surface area contributed by atoms with Gasteiger partial charge in [-0.05, 0) is 50.2 Å². The lowest BCUT2D eigenvalue weighted by molar-refractivity contribution is -0.132. The molecular formula is C23H39N3O3S. The highest BCUT2D eigenvalue weighted by Crippen LogP contribution is 2.19. The van der Waals surface area contributed by atoms with E-state index in [1.54, 1.807) is 0 Å². The molecule has 0 aliphatic heterocycles. The predicted molar refractivity (Wildman–Crippen MR) is 125 cm³/mol. The van der Waals surface area contributed by atoms with Gasteiger partial charge in [-0.25, -0.2) is 0 Å². The van der Waals surface area contributed by atoms with Gasteiger partial charge in [-0.2, -0.15) is 0 Å². The standard InChI is InChI=1S/C23H39N3O3S/c1-15(2)12-19(24-6)20(29-30)13-17(5)22(27)26-21(16(3)4)23(28)25-14-18-10-8-7-9-11-18/h7-11,15-17,19-21,24,30H,12-14H2,1-6H3,(H,25,28)(H,26,27)/t17-,19+,20+,21+/m1/s1. The van der Waals surface area contributed by atoms with Gasteiger partial charge in [-0.1, -0.05) is 65.0 Å². The van der Waals surface area contributed by atoms with Gasteiger partial charge in [0.2, 0.25) is 11.8 Å². The minimum absolute atomic E-state index is 0.0279. The van der Waals surface area contributed by atoms with Crippen LogP contribution in [0.15, 0.2) is 30.3 Å². The molecule has 0 spiro atoms. The third kappa shape index (κ3) is 9.06. The van der Waals surface area contributed by atoms with E-state index in [9.17, 15) is 9.59 Å². The molecule has 0 fully saturated rings. The largest absolute Gasteiger partial charge is 0.350 e. The molecule has 3 N–H and O–H groups in total. The number of thiol groups is 1. The molecule has 0 heterocycles. The number of rotatable bonds is 13. The van der Waals surface area contributed by atoms with Crippen molar-refractivity contribution in [2.75, 3.05) is 7.05 Å². The Morgan fingerprint density at radius 1 is 1.00 bits per heavy atom.